The average molecular weight is 320 g/mol. The first-order valence-corrected chi connectivity index (χ1v) is 8.29. The topological polar surface area (TPSA) is 96.4 Å². The predicted octanol–water partition coefficient (Wildman–Crippen LogP) is 2.14. The third kappa shape index (κ3) is 3.09. The molecular weight excluding hydrogens is 304 g/mol. The summed E-state index contributed by atoms with van der Waals surface area (Å²) in [7, 11) is -3.46. The number of aromatic hydroxyl groups is 1. The lowest BCUT2D eigenvalue weighted by atomic mass is 10.1. The van der Waals surface area contributed by atoms with Crippen LogP contribution in [0, 0.1) is 6.92 Å². The van der Waals surface area contributed by atoms with E-state index in [0.29, 0.717) is 5.82 Å². The summed E-state index contributed by atoms with van der Waals surface area (Å²) in [5, 5.41) is 12.7. The highest BCUT2D eigenvalue weighted by atomic mass is 32.2. The van der Waals surface area contributed by atoms with Gasteiger partial charge in [-0.2, -0.15) is 0 Å². The molecule has 0 saturated carbocycles. The number of nitrogens with zero attached hydrogens (tertiary/aromatic N) is 1. The van der Waals surface area contributed by atoms with Gasteiger partial charge in [-0.25, -0.2) is 13.4 Å². The van der Waals surface area contributed by atoms with Crippen LogP contribution < -0.4 is 5.32 Å². The molecule has 0 aliphatic heterocycles. The fourth-order valence-corrected chi connectivity index (χ4v) is 3.13. The Balaban J connectivity index is 2.38. The number of carbonyl (C=O) groups excluding carboxylic acids is 1. The zero-order chi connectivity index (χ0) is 16.3. The van der Waals surface area contributed by atoms with Gasteiger partial charge < -0.3 is 10.4 Å². The number of nitrogens with one attached hydrogen (secondary N) is 1. The van der Waals surface area contributed by atoms with Gasteiger partial charge in [0.1, 0.15) is 11.6 Å². The minimum absolute atomic E-state index is 0.00166. The highest BCUT2D eigenvalue weighted by Crippen LogP contribution is 2.29. The van der Waals surface area contributed by atoms with Crippen molar-refractivity contribution < 1.29 is 18.3 Å². The predicted molar refractivity (Wildman–Crippen MR) is 82.8 cm³/mol. The second-order valence-electron chi connectivity index (χ2n) is 4.66. The van der Waals surface area contributed by atoms with Gasteiger partial charge in [0, 0.05) is 11.8 Å². The molecule has 0 atom stereocenters. The molecule has 1 heterocycles. The van der Waals surface area contributed by atoms with E-state index in [-0.39, 0.29) is 27.5 Å². The normalized spacial score (nSPS) is 11.2. The van der Waals surface area contributed by atoms with Gasteiger partial charge in [0.05, 0.1) is 16.2 Å². The highest BCUT2D eigenvalue weighted by molar-refractivity contribution is 7.91. The number of pyridine rings is 1. The maximum absolute atomic E-state index is 12.2. The summed E-state index contributed by atoms with van der Waals surface area (Å²) in [6.07, 6.45) is 1.53. The summed E-state index contributed by atoms with van der Waals surface area (Å²) >= 11 is 0. The lowest BCUT2D eigenvalue weighted by Gasteiger charge is -2.11. The van der Waals surface area contributed by atoms with E-state index in [0.717, 1.165) is 0 Å². The molecule has 7 heteroatoms. The lowest BCUT2D eigenvalue weighted by molar-refractivity contribution is 0.102. The molecule has 0 radical (unpaired) electrons. The van der Waals surface area contributed by atoms with Gasteiger partial charge >= 0.3 is 0 Å². The van der Waals surface area contributed by atoms with E-state index in [1.165, 1.54) is 32.2 Å². The van der Waals surface area contributed by atoms with Crippen molar-refractivity contribution in [1.82, 2.24) is 4.98 Å². The zero-order valence-electron chi connectivity index (χ0n) is 12.2. The summed E-state index contributed by atoms with van der Waals surface area (Å²) < 4.78 is 23.8. The largest absolute Gasteiger partial charge is 0.507 e. The smallest absolute Gasteiger partial charge is 0.260 e. The number of amides is 1. The van der Waals surface area contributed by atoms with Crippen molar-refractivity contribution in [3.63, 3.8) is 0 Å². The molecule has 0 bridgehead atoms. The quantitative estimate of drug-likeness (QED) is 0.899. The second kappa shape index (κ2) is 6.15. The van der Waals surface area contributed by atoms with Crippen LogP contribution in [0.25, 0.3) is 0 Å². The number of benzene rings is 1. The number of rotatable bonds is 4. The van der Waals surface area contributed by atoms with Gasteiger partial charge in [0.2, 0.25) is 0 Å². The van der Waals surface area contributed by atoms with Gasteiger partial charge in [0.25, 0.3) is 5.91 Å². The van der Waals surface area contributed by atoms with Gasteiger partial charge in [-0.3, -0.25) is 4.79 Å². The Morgan fingerprint density at radius 3 is 2.59 bits per heavy atom. The van der Waals surface area contributed by atoms with Crippen molar-refractivity contribution in [3.05, 3.63) is 47.7 Å². The molecule has 2 N–H and O–H groups in total. The highest BCUT2D eigenvalue weighted by Gasteiger charge is 2.21. The van der Waals surface area contributed by atoms with Crippen LogP contribution >= 0.6 is 0 Å². The monoisotopic (exact) mass is 320 g/mol. The third-order valence-electron chi connectivity index (χ3n) is 3.25. The molecule has 0 aliphatic carbocycles. The van der Waals surface area contributed by atoms with E-state index in [9.17, 15) is 18.3 Å². The molecule has 0 spiro atoms. The molecular formula is C15H16N2O4S. The molecule has 1 aromatic carbocycles. The van der Waals surface area contributed by atoms with Crippen LogP contribution in [0.2, 0.25) is 0 Å². The zero-order valence-corrected chi connectivity index (χ0v) is 13.0. The van der Waals surface area contributed by atoms with Crippen LogP contribution in [0.15, 0.2) is 41.4 Å². The molecule has 0 aliphatic rings. The number of phenolic OH excluding ortho intramolecular Hbond substituents is 1. The van der Waals surface area contributed by atoms with E-state index < -0.39 is 15.7 Å². The first kappa shape index (κ1) is 16.0. The van der Waals surface area contributed by atoms with Crippen molar-refractivity contribution in [2.24, 2.45) is 0 Å². The maximum Gasteiger partial charge on any atom is 0.260 e. The number of anilines is 1. The summed E-state index contributed by atoms with van der Waals surface area (Å²) in [5.41, 5.74) is 0.161. The minimum atomic E-state index is -3.46. The molecule has 22 heavy (non-hydrogen) atoms. The van der Waals surface area contributed by atoms with Crippen molar-refractivity contribution in [2.45, 2.75) is 18.7 Å². The van der Waals surface area contributed by atoms with Crippen LogP contribution in [0.5, 0.6) is 5.75 Å². The van der Waals surface area contributed by atoms with Crippen LogP contribution in [0.4, 0.5) is 5.82 Å². The van der Waals surface area contributed by atoms with Crippen molar-refractivity contribution in [1.29, 1.82) is 0 Å². The van der Waals surface area contributed by atoms with Gasteiger partial charge in [-0.1, -0.05) is 13.0 Å². The van der Waals surface area contributed by atoms with Gasteiger partial charge in [-0.15, -0.1) is 0 Å². The molecule has 6 nitrogen and oxygen atoms in total. The van der Waals surface area contributed by atoms with E-state index in [1.54, 1.807) is 18.2 Å². The number of sulfone groups is 1. The first-order valence-electron chi connectivity index (χ1n) is 6.64. The molecule has 0 saturated heterocycles. The number of hydrogen-bond acceptors (Lipinski definition) is 5. The molecule has 1 amide bonds. The van der Waals surface area contributed by atoms with E-state index in [1.807, 2.05) is 0 Å². The summed E-state index contributed by atoms with van der Waals surface area (Å²) in [6, 6.07) is 7.66. The third-order valence-corrected chi connectivity index (χ3v) is 5.12. The molecule has 1 aromatic heterocycles. The molecule has 0 fully saturated rings. The van der Waals surface area contributed by atoms with Crippen molar-refractivity contribution in [3.8, 4) is 5.75 Å². The number of phenols is 1. The lowest BCUT2D eigenvalue weighted by Crippen LogP contribution is -2.14. The Morgan fingerprint density at radius 1 is 1.27 bits per heavy atom. The van der Waals surface area contributed by atoms with Gasteiger partial charge in [-0.05, 0) is 31.2 Å². The Kier molecular flexibility index (Phi) is 4.46. The van der Waals surface area contributed by atoms with E-state index >= 15 is 0 Å². The fourth-order valence-electron chi connectivity index (χ4n) is 1.98. The second-order valence-corrected chi connectivity index (χ2v) is 6.90. The van der Waals surface area contributed by atoms with Crippen LogP contribution in [0.3, 0.4) is 0 Å². The molecule has 2 aromatic rings. The molecule has 0 unspecified atom stereocenters. The Morgan fingerprint density at radius 2 is 2.00 bits per heavy atom. The first-order chi connectivity index (χ1) is 10.4. The SMILES string of the molecule is CCS(=O)(=O)c1ccc(C(=O)Nc2ccccn2)c(O)c1C. The fraction of sp³-hybridized carbons (Fsp3) is 0.200. The summed E-state index contributed by atoms with van der Waals surface area (Å²) in [4.78, 5) is 16.1. The summed E-state index contributed by atoms with van der Waals surface area (Å²) in [6.45, 7) is 2.99. The Labute approximate surface area is 128 Å². The van der Waals surface area contributed by atoms with Crippen molar-refractivity contribution in [2.75, 3.05) is 11.1 Å². The minimum Gasteiger partial charge on any atom is -0.507 e. The average Bonchev–Trinajstić information content (AvgIpc) is 2.50. The van der Waals surface area contributed by atoms with Crippen LogP contribution in [0.1, 0.15) is 22.8 Å². The van der Waals surface area contributed by atoms with E-state index in [4.69, 9.17) is 0 Å². The standard InChI is InChI=1S/C15H16N2O4S/c1-3-22(20,21)12-8-7-11(14(18)10(12)2)15(19)17-13-6-4-5-9-16-13/h4-9,18H,3H2,1-2H3,(H,16,17,19). The van der Waals surface area contributed by atoms with Gasteiger partial charge in [0.15, 0.2) is 9.84 Å². The number of aromatic nitrogens is 1. The van der Waals surface area contributed by atoms with E-state index in [2.05, 4.69) is 10.3 Å². The molecule has 116 valence electrons. The Bertz CT molecular complexity index is 802. The molecule has 2 rings (SSSR count). The van der Waals surface area contributed by atoms with Crippen LogP contribution in [-0.4, -0.2) is 30.2 Å². The number of carbonyl (C=O) groups is 1. The Hall–Kier alpha value is -2.41. The van der Waals surface area contributed by atoms with Crippen molar-refractivity contribution >= 4 is 21.6 Å². The summed E-state index contributed by atoms with van der Waals surface area (Å²) in [5.74, 6) is -0.634. The maximum atomic E-state index is 12.2. The number of hydrogen-bond donors (Lipinski definition) is 2. The van der Waals surface area contributed by atoms with Crippen LogP contribution in [-0.2, 0) is 9.84 Å².